The molecule has 356 valence electrons. The van der Waals surface area contributed by atoms with E-state index < -0.39 is 123 Å². The van der Waals surface area contributed by atoms with Crippen LogP contribution in [0, 0.1) is 5.92 Å². The highest BCUT2D eigenvalue weighted by atomic mass is 16.9. The number of rotatable bonds is 16. The molecule has 8 N–H and O–H groups in total. The van der Waals surface area contributed by atoms with E-state index in [9.17, 15) is 58.0 Å². The van der Waals surface area contributed by atoms with Crippen LogP contribution >= 0.6 is 0 Å². The molecule has 7 amide bonds. The van der Waals surface area contributed by atoms with Crippen molar-refractivity contribution in [3.05, 3.63) is 0 Å². The summed E-state index contributed by atoms with van der Waals surface area (Å²) >= 11 is 0. The summed E-state index contributed by atoms with van der Waals surface area (Å²) in [5.41, 5.74) is 0. The van der Waals surface area contributed by atoms with Gasteiger partial charge in [0.15, 0.2) is 0 Å². The zero-order valence-electron chi connectivity index (χ0n) is 36.3. The van der Waals surface area contributed by atoms with Gasteiger partial charge in [-0.1, -0.05) is 13.8 Å². The molecule has 4 aliphatic heterocycles. The predicted molar refractivity (Wildman–Crippen MR) is 219 cm³/mol. The van der Waals surface area contributed by atoms with E-state index in [1.165, 1.54) is 11.8 Å². The van der Waals surface area contributed by atoms with Crippen LogP contribution in [0.3, 0.4) is 0 Å². The summed E-state index contributed by atoms with van der Waals surface area (Å²) in [6.45, 7) is 3.42. The number of ether oxygens (including phenoxy) is 3. The van der Waals surface area contributed by atoms with E-state index in [1.807, 2.05) is 4.90 Å². The Morgan fingerprint density at radius 3 is 1.47 bits per heavy atom. The number of fused-ring (bicyclic) bond motifs is 7. The summed E-state index contributed by atoms with van der Waals surface area (Å²) in [4.78, 5) is 135. The van der Waals surface area contributed by atoms with Crippen LogP contribution in [0.4, 0.5) is 0 Å². The minimum absolute atomic E-state index is 0.100. The van der Waals surface area contributed by atoms with Crippen LogP contribution < -0.4 is 31.9 Å². The van der Waals surface area contributed by atoms with Gasteiger partial charge < -0.3 is 61.1 Å². The molecule has 2 unspecified atom stereocenters. The first-order valence-electron chi connectivity index (χ1n) is 21.2. The Morgan fingerprint density at radius 1 is 0.609 bits per heavy atom. The third-order valence-corrected chi connectivity index (χ3v) is 10.7. The van der Waals surface area contributed by atoms with Crippen molar-refractivity contribution in [2.75, 3.05) is 111 Å². The largest absolute Gasteiger partial charge is 0.475 e. The van der Waals surface area contributed by atoms with Crippen LogP contribution in [0.25, 0.3) is 0 Å². The van der Waals surface area contributed by atoms with Crippen LogP contribution in [0.1, 0.15) is 33.6 Å². The third-order valence-electron chi connectivity index (χ3n) is 10.7. The fraction of sp³-hybridized carbons (Fsp3) is 0.730. The second kappa shape index (κ2) is 25.1. The van der Waals surface area contributed by atoms with Crippen molar-refractivity contribution in [3.63, 3.8) is 0 Å². The van der Waals surface area contributed by atoms with Crippen molar-refractivity contribution in [1.82, 2.24) is 56.4 Å². The summed E-state index contributed by atoms with van der Waals surface area (Å²) in [5.74, 6) is -8.05. The first kappa shape index (κ1) is 51.2. The zero-order chi connectivity index (χ0) is 46.9. The summed E-state index contributed by atoms with van der Waals surface area (Å²) in [6, 6.07) is -2.10. The van der Waals surface area contributed by atoms with E-state index in [0.717, 1.165) is 0 Å². The number of likely N-dealkylation sites (tertiary alicyclic amines) is 1. The number of carbonyl (C=O) groups excluding carboxylic acids is 10. The number of hydrogen-bond donors (Lipinski definition) is 8. The average molecular weight is 910 g/mol. The Hall–Kier alpha value is -5.48. The van der Waals surface area contributed by atoms with Crippen molar-refractivity contribution < 1.29 is 72.2 Å². The highest BCUT2D eigenvalue weighted by Gasteiger charge is 2.39. The minimum Gasteiger partial charge on any atom is -0.426 e. The van der Waals surface area contributed by atoms with Gasteiger partial charge in [-0.25, -0.2) is 0 Å². The van der Waals surface area contributed by atoms with Crippen LogP contribution in [-0.4, -0.2) is 237 Å². The molecule has 0 aromatic heterocycles. The Labute approximate surface area is 369 Å². The smallest absolute Gasteiger partial charge is 0.426 e. The van der Waals surface area contributed by atoms with Crippen LogP contribution in [0.2, 0.25) is 0 Å². The summed E-state index contributed by atoms with van der Waals surface area (Å²) < 4.78 is 15.4. The first-order chi connectivity index (χ1) is 30.4. The zero-order valence-corrected chi connectivity index (χ0v) is 36.3. The fourth-order valence-electron chi connectivity index (χ4n) is 7.18. The predicted octanol–water partition coefficient (Wildman–Crippen LogP) is -7.74. The van der Waals surface area contributed by atoms with Gasteiger partial charge in [-0.05, 0) is 25.7 Å². The number of nitrogens with one attached hydrogen (secondary N) is 6. The van der Waals surface area contributed by atoms with Gasteiger partial charge in [0.1, 0.15) is 12.1 Å². The van der Waals surface area contributed by atoms with Gasteiger partial charge in [-0.3, -0.25) is 67.5 Å². The molecule has 4 bridgehead atoms. The molecule has 4 heterocycles. The second-order valence-corrected chi connectivity index (χ2v) is 16.1. The number of amides is 7. The number of hydrogen-bond acceptors (Lipinski definition) is 19. The van der Waals surface area contributed by atoms with E-state index >= 15 is 0 Å². The van der Waals surface area contributed by atoms with Gasteiger partial charge in [-0.2, -0.15) is 0 Å². The highest BCUT2D eigenvalue weighted by Crippen LogP contribution is 2.19. The van der Waals surface area contributed by atoms with E-state index in [-0.39, 0.29) is 26.2 Å². The first-order valence-corrected chi connectivity index (χ1v) is 21.2. The van der Waals surface area contributed by atoms with Crippen molar-refractivity contribution in [2.24, 2.45) is 5.92 Å². The normalized spacial score (nSPS) is 24.1. The van der Waals surface area contributed by atoms with Gasteiger partial charge in [0.2, 0.25) is 41.4 Å². The van der Waals surface area contributed by atoms with Crippen molar-refractivity contribution in [3.8, 4) is 0 Å². The molecular weight excluding hydrogens is 849 g/mol. The average Bonchev–Trinajstić information content (AvgIpc) is 3.72. The van der Waals surface area contributed by atoms with Crippen molar-refractivity contribution in [2.45, 2.75) is 58.1 Å². The van der Waals surface area contributed by atoms with Crippen LogP contribution in [-0.2, 0) is 62.2 Å². The topological polar surface area (TPSA) is 327 Å². The number of nitrogens with zero attached hydrogens (tertiary/aromatic N) is 5. The fourth-order valence-corrected chi connectivity index (χ4v) is 7.18. The summed E-state index contributed by atoms with van der Waals surface area (Å²) in [5, 5.41) is 33.6. The van der Waals surface area contributed by atoms with Gasteiger partial charge in [0.05, 0.1) is 58.3 Å². The maximum atomic E-state index is 13.0. The second-order valence-electron chi connectivity index (χ2n) is 16.1. The van der Waals surface area contributed by atoms with Gasteiger partial charge in [0, 0.05) is 58.9 Å². The summed E-state index contributed by atoms with van der Waals surface area (Å²) in [6.07, 6.45) is 0.982. The molecule has 0 spiro atoms. The third kappa shape index (κ3) is 17.2. The molecule has 5 atom stereocenters. The standard InChI is InChI=1S/C37H60BN11O15/c1-23(2)34(35(58)43-24(3)36(59)49-6-4-5-25(49)38(60)61)44-29(53)18-41-27(51)16-39-26(50)15-40-28(52)17-42-30(54)19-45-7-9-46-11-13-48-14-12-47(10-8-45)21-32(56)63-37(62-31(55)20-46)64-33(57)22-48/h23-25,34,37,60-61H,4-22H2,1-3H3,(H,39,50)(H,40,52)(H,41,51)(H,42,54)(H,43,58)(H,44,53)/t24-,25+,34+/m1/s1. The van der Waals surface area contributed by atoms with E-state index in [2.05, 4.69) is 31.9 Å². The van der Waals surface area contributed by atoms with E-state index in [4.69, 9.17) is 14.2 Å². The quantitative estimate of drug-likeness (QED) is 0.0527. The molecule has 27 heteroatoms. The lowest BCUT2D eigenvalue weighted by Crippen LogP contribution is -2.57. The Kier molecular flexibility index (Phi) is 20.1. The summed E-state index contributed by atoms with van der Waals surface area (Å²) in [7, 11) is -1.72. The lowest BCUT2D eigenvalue weighted by Gasteiger charge is -2.33. The minimum atomic E-state index is -1.81. The molecule has 0 radical (unpaired) electrons. The number of carbonyl (C=O) groups is 10. The lowest BCUT2D eigenvalue weighted by molar-refractivity contribution is -0.258. The van der Waals surface area contributed by atoms with E-state index in [0.29, 0.717) is 71.7 Å². The van der Waals surface area contributed by atoms with Crippen LogP contribution in [0.15, 0.2) is 0 Å². The SMILES string of the molecule is CC(C)[C@H](NC(=O)CNC(=O)CNC(=O)CNC(=O)CNC(=O)CN1CCN2CCN3CCN(CC1)CC(=O)OC(OC(=O)C2)OC(=O)C3)C(=O)N[C@H](C)C(=O)N1CCC[C@H]1B(O)O. The molecule has 26 nitrogen and oxygen atoms in total. The molecular formula is C37H60BN11O15. The Balaban J connectivity index is 1.15. The monoisotopic (exact) mass is 909 g/mol. The highest BCUT2D eigenvalue weighted by molar-refractivity contribution is 6.43. The Bertz CT molecular complexity index is 1690. The van der Waals surface area contributed by atoms with Crippen molar-refractivity contribution in [1.29, 1.82) is 0 Å². The molecule has 4 fully saturated rings. The molecule has 0 saturated carbocycles. The molecule has 4 aliphatic rings. The molecule has 0 aromatic carbocycles. The molecule has 4 rings (SSSR count). The maximum Gasteiger partial charge on any atom is 0.475 e. The van der Waals surface area contributed by atoms with Crippen LogP contribution in [0.5, 0.6) is 0 Å². The van der Waals surface area contributed by atoms with Crippen molar-refractivity contribution >= 4 is 66.4 Å². The van der Waals surface area contributed by atoms with Gasteiger partial charge >= 0.3 is 31.5 Å². The molecule has 4 saturated heterocycles. The number of esters is 3. The maximum absolute atomic E-state index is 13.0. The van der Waals surface area contributed by atoms with Gasteiger partial charge in [-0.15, -0.1) is 0 Å². The molecule has 0 aliphatic carbocycles. The Morgan fingerprint density at radius 2 is 1.03 bits per heavy atom. The lowest BCUT2D eigenvalue weighted by atomic mass is 9.78. The molecule has 64 heavy (non-hydrogen) atoms. The van der Waals surface area contributed by atoms with E-state index in [1.54, 1.807) is 28.5 Å². The molecule has 0 aromatic rings. The van der Waals surface area contributed by atoms with Gasteiger partial charge in [0.25, 0.3) is 0 Å².